The normalized spacial score (nSPS) is 11.0. The molecule has 0 fully saturated rings. The van der Waals surface area contributed by atoms with Crippen LogP contribution in [-0.2, 0) is 0 Å². The fraction of sp³-hybridized carbons (Fsp3) is 0.118. The Morgan fingerprint density at radius 1 is 1.16 bits per heavy atom. The van der Waals surface area contributed by atoms with Crippen LogP contribution >= 0.6 is 12.2 Å². The van der Waals surface area contributed by atoms with Crippen LogP contribution in [0.15, 0.2) is 47.6 Å². The number of hydrogen-bond acceptors (Lipinski definition) is 6. The van der Waals surface area contributed by atoms with Gasteiger partial charge in [-0.25, -0.2) is 5.10 Å². The molecular weight excluding hydrogens is 340 g/mol. The smallest absolute Gasteiger partial charge is 0.216 e. The van der Waals surface area contributed by atoms with Crippen molar-refractivity contribution in [1.29, 1.82) is 0 Å². The maximum absolute atomic E-state index is 9.66. The Balaban J connectivity index is 2.02. The molecule has 2 N–H and O–H groups in total. The van der Waals surface area contributed by atoms with E-state index < -0.39 is 0 Å². The largest absolute Gasteiger partial charge is 0.504 e. The van der Waals surface area contributed by atoms with Crippen molar-refractivity contribution < 1.29 is 14.6 Å². The molecule has 3 aromatic rings. The Morgan fingerprint density at radius 2 is 1.92 bits per heavy atom. The summed E-state index contributed by atoms with van der Waals surface area (Å²) in [6.07, 6.45) is 1.60. The molecule has 3 rings (SSSR count). The Hall–Kier alpha value is -3.13. The molecule has 0 aliphatic heterocycles. The number of H-pyrrole nitrogens is 1. The molecule has 0 aliphatic rings. The van der Waals surface area contributed by atoms with Gasteiger partial charge in [-0.2, -0.15) is 14.9 Å². The third-order valence-electron chi connectivity index (χ3n) is 3.52. The number of nitrogens with one attached hydrogen (secondary N) is 1. The summed E-state index contributed by atoms with van der Waals surface area (Å²) in [6.45, 7) is 0. The monoisotopic (exact) mass is 356 g/mol. The Labute approximate surface area is 149 Å². The van der Waals surface area contributed by atoms with Crippen molar-refractivity contribution in [2.75, 3.05) is 14.2 Å². The minimum absolute atomic E-state index is 0.0642. The highest BCUT2D eigenvalue weighted by Gasteiger charge is 2.12. The lowest BCUT2D eigenvalue weighted by atomic mass is 10.2. The summed E-state index contributed by atoms with van der Waals surface area (Å²) in [4.78, 5) is 0. The van der Waals surface area contributed by atoms with E-state index in [0.29, 0.717) is 22.1 Å². The fourth-order valence-corrected chi connectivity index (χ4v) is 2.48. The summed E-state index contributed by atoms with van der Waals surface area (Å²) in [6, 6.07) is 12.4. The number of methoxy groups -OCH3 is 2. The van der Waals surface area contributed by atoms with Gasteiger partial charge < -0.3 is 14.6 Å². The van der Waals surface area contributed by atoms with Gasteiger partial charge in [-0.1, -0.05) is 12.1 Å². The Bertz CT molecular complexity index is 978. The van der Waals surface area contributed by atoms with Gasteiger partial charge in [0.25, 0.3) is 0 Å². The molecule has 8 heteroatoms. The third-order valence-corrected chi connectivity index (χ3v) is 3.79. The predicted octanol–water partition coefficient (Wildman–Crippen LogP) is 3.21. The van der Waals surface area contributed by atoms with Crippen molar-refractivity contribution in [1.82, 2.24) is 14.9 Å². The number of para-hydroxylation sites is 1. The average molecular weight is 356 g/mol. The summed E-state index contributed by atoms with van der Waals surface area (Å²) in [5, 5.41) is 21.0. The van der Waals surface area contributed by atoms with Gasteiger partial charge in [0, 0.05) is 0 Å². The van der Waals surface area contributed by atoms with E-state index in [0.717, 1.165) is 11.1 Å². The molecule has 2 aromatic carbocycles. The minimum atomic E-state index is 0.0642. The number of phenolic OH excluding ortho intramolecular Hbond substituents is 1. The number of aromatic nitrogens is 3. The second-order valence-electron chi connectivity index (χ2n) is 5.04. The van der Waals surface area contributed by atoms with Crippen molar-refractivity contribution in [3.8, 4) is 28.6 Å². The number of hydrogen-bond donors (Lipinski definition) is 2. The van der Waals surface area contributed by atoms with E-state index in [1.807, 2.05) is 24.3 Å². The maximum Gasteiger partial charge on any atom is 0.216 e. The van der Waals surface area contributed by atoms with Crippen molar-refractivity contribution in [2.45, 2.75) is 0 Å². The summed E-state index contributed by atoms with van der Waals surface area (Å²) in [5.41, 5.74) is 1.50. The van der Waals surface area contributed by atoms with Crippen molar-refractivity contribution in [3.63, 3.8) is 0 Å². The molecule has 7 nitrogen and oxygen atoms in total. The highest BCUT2D eigenvalue weighted by molar-refractivity contribution is 7.71. The zero-order chi connectivity index (χ0) is 17.8. The molecule has 0 saturated carbocycles. The van der Waals surface area contributed by atoms with Crippen molar-refractivity contribution in [2.24, 2.45) is 5.10 Å². The van der Waals surface area contributed by atoms with Gasteiger partial charge >= 0.3 is 0 Å². The second kappa shape index (κ2) is 7.18. The van der Waals surface area contributed by atoms with Crippen LogP contribution in [0.4, 0.5) is 0 Å². The van der Waals surface area contributed by atoms with Gasteiger partial charge in [0.05, 0.1) is 26.0 Å². The molecule has 0 bridgehead atoms. The van der Waals surface area contributed by atoms with Crippen LogP contribution in [0.1, 0.15) is 5.56 Å². The standard InChI is InChI=1S/C17H16N4O3S/c1-23-14-6-4-3-5-12(14)16-19-20-17(25)21(16)18-10-11-7-8-13(22)15(9-11)24-2/h3-10,22H,1-2H3,(H,20,25)/b18-10-. The zero-order valence-corrected chi connectivity index (χ0v) is 14.4. The van der Waals surface area contributed by atoms with Gasteiger partial charge in [0.15, 0.2) is 17.3 Å². The number of aromatic hydroxyl groups is 1. The summed E-state index contributed by atoms with van der Waals surface area (Å²) in [7, 11) is 3.08. The van der Waals surface area contributed by atoms with E-state index in [1.165, 1.54) is 17.9 Å². The molecule has 1 aromatic heterocycles. The number of nitrogens with zero attached hydrogens (tertiary/aromatic N) is 3. The second-order valence-corrected chi connectivity index (χ2v) is 5.43. The molecule has 0 radical (unpaired) electrons. The predicted molar refractivity (Wildman–Crippen MR) is 97.1 cm³/mol. The highest BCUT2D eigenvalue weighted by atomic mass is 32.1. The molecule has 128 valence electrons. The quantitative estimate of drug-likeness (QED) is 0.542. The molecule has 0 saturated heterocycles. The lowest BCUT2D eigenvalue weighted by molar-refractivity contribution is 0.373. The first-order chi connectivity index (χ1) is 12.1. The Morgan fingerprint density at radius 3 is 2.68 bits per heavy atom. The van der Waals surface area contributed by atoms with Crippen molar-refractivity contribution >= 4 is 18.4 Å². The summed E-state index contributed by atoms with van der Waals surface area (Å²) >= 11 is 5.26. The first-order valence-electron chi connectivity index (χ1n) is 7.36. The molecule has 25 heavy (non-hydrogen) atoms. The van der Waals surface area contributed by atoms with Gasteiger partial charge in [0.2, 0.25) is 4.77 Å². The van der Waals surface area contributed by atoms with E-state index >= 15 is 0 Å². The van der Waals surface area contributed by atoms with Crippen LogP contribution in [0.5, 0.6) is 17.2 Å². The lowest BCUT2D eigenvalue weighted by Crippen LogP contribution is -1.97. The van der Waals surface area contributed by atoms with Gasteiger partial charge in [-0.05, 0) is 48.1 Å². The summed E-state index contributed by atoms with van der Waals surface area (Å²) in [5.74, 6) is 1.63. The molecule has 0 aliphatic carbocycles. The highest BCUT2D eigenvalue weighted by Crippen LogP contribution is 2.28. The van der Waals surface area contributed by atoms with Crippen LogP contribution in [0.3, 0.4) is 0 Å². The average Bonchev–Trinajstić information content (AvgIpc) is 3.01. The van der Waals surface area contributed by atoms with Crippen molar-refractivity contribution in [3.05, 3.63) is 52.8 Å². The SMILES string of the molecule is COc1cc(/C=N\n2c(-c3ccccc3OC)n[nH]c2=S)ccc1O. The number of aromatic amines is 1. The molecule has 0 unspecified atom stereocenters. The van der Waals surface area contributed by atoms with Crippen LogP contribution in [-0.4, -0.2) is 40.4 Å². The molecule has 0 spiro atoms. The number of phenols is 1. The van der Waals surface area contributed by atoms with Crippen LogP contribution in [0.25, 0.3) is 11.4 Å². The van der Waals surface area contributed by atoms with E-state index in [4.69, 9.17) is 21.7 Å². The van der Waals surface area contributed by atoms with Gasteiger partial charge in [-0.3, -0.25) is 0 Å². The third kappa shape index (κ3) is 3.38. The number of benzene rings is 2. The van der Waals surface area contributed by atoms with E-state index in [9.17, 15) is 5.11 Å². The zero-order valence-electron chi connectivity index (χ0n) is 13.6. The fourth-order valence-electron chi connectivity index (χ4n) is 2.30. The van der Waals surface area contributed by atoms with Crippen LogP contribution in [0, 0.1) is 4.77 Å². The van der Waals surface area contributed by atoms with Gasteiger partial charge in [0.1, 0.15) is 5.75 Å². The number of rotatable bonds is 5. The van der Waals surface area contributed by atoms with E-state index in [1.54, 1.807) is 25.5 Å². The minimum Gasteiger partial charge on any atom is -0.504 e. The van der Waals surface area contributed by atoms with Gasteiger partial charge in [-0.15, -0.1) is 0 Å². The van der Waals surface area contributed by atoms with E-state index in [-0.39, 0.29) is 5.75 Å². The molecule has 1 heterocycles. The van der Waals surface area contributed by atoms with Crippen LogP contribution < -0.4 is 9.47 Å². The lowest BCUT2D eigenvalue weighted by Gasteiger charge is -2.07. The Kier molecular flexibility index (Phi) is 4.80. The van der Waals surface area contributed by atoms with Crippen LogP contribution in [0.2, 0.25) is 0 Å². The molecular formula is C17H16N4O3S. The summed E-state index contributed by atoms with van der Waals surface area (Å²) < 4.78 is 12.3. The molecule has 0 amide bonds. The first-order valence-corrected chi connectivity index (χ1v) is 7.77. The number of ether oxygens (including phenoxy) is 2. The molecule has 0 atom stereocenters. The topological polar surface area (TPSA) is 84.7 Å². The van der Waals surface area contributed by atoms with E-state index in [2.05, 4.69) is 15.3 Å². The first kappa shape index (κ1) is 16.7. The maximum atomic E-state index is 9.66.